The predicted octanol–water partition coefficient (Wildman–Crippen LogP) is 3.49. The van der Waals surface area contributed by atoms with Gasteiger partial charge in [-0.3, -0.25) is 4.79 Å². The standard InChI is InChI=1S/C15H16ClN3O/c1-8-4-9(2)13(10(3)5-8)19-15(20)11-6-12(16)14(17)18-7-11/h4-7H,1-3H3,(H2,17,18)(H,19,20). The van der Waals surface area contributed by atoms with E-state index in [1.54, 1.807) is 0 Å². The minimum atomic E-state index is -0.255. The predicted molar refractivity (Wildman–Crippen MR) is 82.3 cm³/mol. The molecule has 4 nitrogen and oxygen atoms in total. The summed E-state index contributed by atoms with van der Waals surface area (Å²) in [6.45, 7) is 5.95. The number of rotatable bonds is 2. The van der Waals surface area contributed by atoms with Gasteiger partial charge in [0.15, 0.2) is 0 Å². The molecular weight excluding hydrogens is 274 g/mol. The van der Waals surface area contributed by atoms with Crippen molar-refractivity contribution >= 4 is 29.0 Å². The molecule has 104 valence electrons. The maximum Gasteiger partial charge on any atom is 0.257 e. The molecule has 0 fully saturated rings. The Hall–Kier alpha value is -2.07. The summed E-state index contributed by atoms with van der Waals surface area (Å²) in [5.41, 5.74) is 9.92. The number of pyridine rings is 1. The Morgan fingerprint density at radius 3 is 2.35 bits per heavy atom. The number of benzene rings is 1. The van der Waals surface area contributed by atoms with Crippen molar-refractivity contribution in [1.82, 2.24) is 4.98 Å². The van der Waals surface area contributed by atoms with Crippen LogP contribution in [0.4, 0.5) is 11.5 Å². The quantitative estimate of drug-likeness (QED) is 0.889. The van der Waals surface area contributed by atoms with Gasteiger partial charge in [0.2, 0.25) is 0 Å². The van der Waals surface area contributed by atoms with Crippen molar-refractivity contribution in [2.24, 2.45) is 0 Å². The van der Waals surface area contributed by atoms with Gasteiger partial charge in [0.25, 0.3) is 5.91 Å². The Balaban J connectivity index is 2.30. The molecule has 0 spiro atoms. The summed E-state index contributed by atoms with van der Waals surface area (Å²) in [5.74, 6) is -0.0413. The van der Waals surface area contributed by atoms with Crippen molar-refractivity contribution in [3.63, 3.8) is 0 Å². The maximum atomic E-state index is 12.2. The average molecular weight is 290 g/mol. The van der Waals surface area contributed by atoms with E-state index in [4.69, 9.17) is 17.3 Å². The van der Waals surface area contributed by atoms with E-state index >= 15 is 0 Å². The number of halogens is 1. The van der Waals surface area contributed by atoms with E-state index in [9.17, 15) is 4.79 Å². The highest BCUT2D eigenvalue weighted by atomic mass is 35.5. The molecule has 0 saturated heterocycles. The van der Waals surface area contributed by atoms with E-state index in [1.807, 2.05) is 32.9 Å². The Kier molecular flexibility index (Phi) is 3.95. The third-order valence-corrected chi connectivity index (χ3v) is 3.35. The smallest absolute Gasteiger partial charge is 0.257 e. The van der Waals surface area contributed by atoms with Crippen LogP contribution in [0, 0.1) is 20.8 Å². The van der Waals surface area contributed by atoms with Crippen LogP contribution in [0.15, 0.2) is 24.4 Å². The Morgan fingerprint density at radius 1 is 1.20 bits per heavy atom. The third kappa shape index (κ3) is 2.91. The molecule has 1 heterocycles. The number of nitrogen functional groups attached to an aromatic ring is 1. The van der Waals surface area contributed by atoms with E-state index in [0.717, 1.165) is 22.4 Å². The Labute approximate surface area is 123 Å². The summed E-state index contributed by atoms with van der Waals surface area (Å²) in [4.78, 5) is 16.1. The van der Waals surface area contributed by atoms with E-state index in [1.165, 1.54) is 12.3 Å². The van der Waals surface area contributed by atoms with Crippen LogP contribution < -0.4 is 11.1 Å². The lowest BCUT2D eigenvalue weighted by Gasteiger charge is -2.13. The van der Waals surface area contributed by atoms with Gasteiger partial charge < -0.3 is 11.1 Å². The minimum Gasteiger partial charge on any atom is -0.382 e. The second-order valence-corrected chi connectivity index (χ2v) is 5.23. The van der Waals surface area contributed by atoms with Crippen molar-refractivity contribution < 1.29 is 4.79 Å². The van der Waals surface area contributed by atoms with Gasteiger partial charge in [0, 0.05) is 11.9 Å². The lowest BCUT2D eigenvalue weighted by molar-refractivity contribution is 0.102. The van der Waals surface area contributed by atoms with Crippen LogP contribution in [0.25, 0.3) is 0 Å². The van der Waals surface area contributed by atoms with Gasteiger partial charge in [-0.15, -0.1) is 0 Å². The molecular formula is C15H16ClN3O. The normalized spacial score (nSPS) is 10.4. The summed E-state index contributed by atoms with van der Waals surface area (Å²) >= 11 is 5.88. The number of aryl methyl sites for hydroxylation is 3. The van der Waals surface area contributed by atoms with Crippen LogP contribution in [-0.2, 0) is 0 Å². The number of nitrogens with one attached hydrogen (secondary N) is 1. The molecule has 3 N–H and O–H groups in total. The van der Waals surface area contributed by atoms with E-state index in [-0.39, 0.29) is 16.7 Å². The van der Waals surface area contributed by atoms with Gasteiger partial charge >= 0.3 is 0 Å². The van der Waals surface area contributed by atoms with Gasteiger partial charge in [-0.05, 0) is 38.0 Å². The highest BCUT2D eigenvalue weighted by molar-refractivity contribution is 6.33. The fourth-order valence-corrected chi connectivity index (χ4v) is 2.30. The second-order valence-electron chi connectivity index (χ2n) is 4.82. The molecule has 1 amide bonds. The minimum absolute atomic E-state index is 0.214. The van der Waals surface area contributed by atoms with Crippen molar-refractivity contribution in [1.29, 1.82) is 0 Å². The van der Waals surface area contributed by atoms with E-state index in [2.05, 4.69) is 10.3 Å². The zero-order chi connectivity index (χ0) is 14.9. The Bertz CT molecular complexity index is 660. The van der Waals surface area contributed by atoms with Crippen molar-refractivity contribution in [2.75, 3.05) is 11.1 Å². The number of nitrogens with two attached hydrogens (primary N) is 1. The molecule has 0 atom stereocenters. The number of carbonyl (C=O) groups excluding carboxylic acids is 1. The first kappa shape index (κ1) is 14.3. The molecule has 0 aliphatic heterocycles. The lowest BCUT2D eigenvalue weighted by Crippen LogP contribution is -2.14. The first-order valence-electron chi connectivity index (χ1n) is 6.18. The van der Waals surface area contributed by atoms with Crippen LogP contribution in [0.2, 0.25) is 5.02 Å². The fraction of sp³-hybridized carbons (Fsp3) is 0.200. The molecule has 0 saturated carbocycles. The first-order chi connectivity index (χ1) is 9.38. The van der Waals surface area contributed by atoms with Gasteiger partial charge in [-0.2, -0.15) is 0 Å². The number of hydrogen-bond acceptors (Lipinski definition) is 3. The molecule has 20 heavy (non-hydrogen) atoms. The highest BCUT2D eigenvalue weighted by Gasteiger charge is 2.12. The topological polar surface area (TPSA) is 68.0 Å². The van der Waals surface area contributed by atoms with Gasteiger partial charge in [-0.1, -0.05) is 29.3 Å². The SMILES string of the molecule is Cc1cc(C)c(NC(=O)c2cnc(N)c(Cl)c2)c(C)c1. The monoisotopic (exact) mass is 289 g/mol. The molecule has 0 bridgehead atoms. The summed E-state index contributed by atoms with van der Waals surface area (Å²) < 4.78 is 0. The fourth-order valence-electron chi connectivity index (χ4n) is 2.14. The number of aromatic nitrogens is 1. The number of hydrogen-bond donors (Lipinski definition) is 2. The second kappa shape index (κ2) is 5.51. The molecule has 0 aliphatic carbocycles. The van der Waals surface area contributed by atoms with Crippen LogP contribution >= 0.6 is 11.6 Å². The number of carbonyl (C=O) groups is 1. The van der Waals surface area contributed by atoms with Crippen LogP contribution in [-0.4, -0.2) is 10.9 Å². The molecule has 5 heteroatoms. The summed E-state index contributed by atoms with van der Waals surface area (Å²) in [6, 6.07) is 5.56. The third-order valence-electron chi connectivity index (χ3n) is 3.05. The molecule has 1 aromatic carbocycles. The molecule has 1 aromatic heterocycles. The number of anilines is 2. The Morgan fingerprint density at radius 2 is 1.80 bits per heavy atom. The van der Waals surface area contributed by atoms with Crippen LogP contribution in [0.3, 0.4) is 0 Å². The first-order valence-corrected chi connectivity index (χ1v) is 6.56. The molecule has 0 unspecified atom stereocenters. The van der Waals surface area contributed by atoms with Crippen LogP contribution in [0.1, 0.15) is 27.0 Å². The van der Waals surface area contributed by atoms with Gasteiger partial charge in [-0.25, -0.2) is 4.98 Å². The van der Waals surface area contributed by atoms with Crippen LogP contribution in [0.5, 0.6) is 0 Å². The van der Waals surface area contributed by atoms with Gasteiger partial charge in [0.05, 0.1) is 10.6 Å². The highest BCUT2D eigenvalue weighted by Crippen LogP contribution is 2.23. The molecule has 0 aliphatic rings. The summed E-state index contributed by atoms with van der Waals surface area (Å²) in [6.07, 6.45) is 1.41. The summed E-state index contributed by atoms with van der Waals surface area (Å²) in [7, 11) is 0. The average Bonchev–Trinajstić information content (AvgIpc) is 2.36. The lowest BCUT2D eigenvalue weighted by atomic mass is 10.0. The van der Waals surface area contributed by atoms with E-state index < -0.39 is 0 Å². The molecule has 0 radical (unpaired) electrons. The van der Waals surface area contributed by atoms with E-state index in [0.29, 0.717) is 5.56 Å². The van der Waals surface area contributed by atoms with Crippen molar-refractivity contribution in [2.45, 2.75) is 20.8 Å². The van der Waals surface area contributed by atoms with Crippen molar-refractivity contribution in [3.05, 3.63) is 51.7 Å². The molecule has 2 rings (SSSR count). The largest absolute Gasteiger partial charge is 0.382 e. The van der Waals surface area contributed by atoms with Gasteiger partial charge in [0.1, 0.15) is 5.82 Å². The zero-order valence-corrected chi connectivity index (χ0v) is 12.4. The number of nitrogens with zero attached hydrogens (tertiary/aromatic N) is 1. The maximum absolute atomic E-state index is 12.2. The number of amides is 1. The zero-order valence-electron chi connectivity index (χ0n) is 11.6. The molecule has 2 aromatic rings. The van der Waals surface area contributed by atoms with Crippen molar-refractivity contribution in [3.8, 4) is 0 Å². The summed E-state index contributed by atoms with van der Waals surface area (Å²) in [5, 5.41) is 3.16.